The number of methoxy groups -OCH3 is 6. The second-order valence-electron chi connectivity index (χ2n) is 21.4. The molecular weight excluding hydrogens is 1130 g/mol. The summed E-state index contributed by atoms with van der Waals surface area (Å²) in [7, 11) is 9.50. The fraction of sp³-hybridized carbons (Fsp3) is 0.365. The number of carbonyl (C=O) groups excluding carboxylic acids is 2. The first kappa shape index (κ1) is 60.9. The second kappa shape index (κ2) is 28.3. The molecule has 456 valence electrons. The van der Waals surface area contributed by atoms with Crippen LogP contribution in [0.15, 0.2) is 110 Å². The van der Waals surface area contributed by atoms with Crippen molar-refractivity contribution in [1.29, 1.82) is 0 Å². The Morgan fingerprint density at radius 1 is 0.563 bits per heavy atom. The van der Waals surface area contributed by atoms with Crippen molar-refractivity contribution in [1.82, 2.24) is 48.8 Å². The van der Waals surface area contributed by atoms with Gasteiger partial charge in [0.2, 0.25) is 34.5 Å². The summed E-state index contributed by atoms with van der Waals surface area (Å²) in [6.45, 7) is 5.54. The van der Waals surface area contributed by atoms with Gasteiger partial charge in [-0.1, -0.05) is 73.5 Å². The van der Waals surface area contributed by atoms with Crippen molar-refractivity contribution >= 4 is 52.6 Å². The lowest BCUT2D eigenvalue weighted by molar-refractivity contribution is -0.121. The molecule has 6 N–H and O–H groups in total. The maximum Gasteiger partial charge on any atom is 0.240 e. The number of halogens is 1. The molecule has 4 aliphatic rings. The Morgan fingerprint density at radius 2 is 1.02 bits per heavy atom. The predicted octanol–water partition coefficient (Wildman–Crippen LogP) is 8.75. The molecule has 0 spiro atoms. The van der Waals surface area contributed by atoms with E-state index >= 15 is 0 Å². The van der Waals surface area contributed by atoms with E-state index in [0.29, 0.717) is 83.2 Å². The fourth-order valence-electron chi connectivity index (χ4n) is 11.4. The number of nitrogens with zero attached hydrogens (tertiary/aromatic N) is 11. The van der Waals surface area contributed by atoms with Gasteiger partial charge in [-0.2, -0.15) is 4.98 Å². The van der Waals surface area contributed by atoms with Crippen LogP contribution in [-0.4, -0.2) is 129 Å². The highest BCUT2D eigenvalue weighted by atomic mass is 35.5. The molecule has 12 rings (SSSR count). The van der Waals surface area contributed by atoms with E-state index in [-0.39, 0.29) is 23.0 Å². The smallest absolute Gasteiger partial charge is 0.240 e. The largest absolute Gasteiger partial charge is 0.493 e. The highest BCUT2D eigenvalue weighted by molar-refractivity contribution is 6.28. The van der Waals surface area contributed by atoms with Gasteiger partial charge in [0.05, 0.1) is 77.8 Å². The number of nitrogens with one attached hydrogen (secondary N) is 2. The van der Waals surface area contributed by atoms with Crippen molar-refractivity contribution in [2.75, 3.05) is 77.8 Å². The molecule has 1 aliphatic carbocycles. The first-order valence-corrected chi connectivity index (χ1v) is 29.3. The quantitative estimate of drug-likeness (QED) is 0.0551. The van der Waals surface area contributed by atoms with Gasteiger partial charge in [-0.3, -0.25) is 19.4 Å². The van der Waals surface area contributed by atoms with Gasteiger partial charge in [-0.05, 0) is 48.4 Å². The molecule has 2 amide bonds. The Morgan fingerprint density at radius 3 is 1.45 bits per heavy atom. The molecule has 4 aromatic heterocycles. The van der Waals surface area contributed by atoms with Crippen molar-refractivity contribution in [3.63, 3.8) is 0 Å². The average Bonchev–Trinajstić information content (AvgIpc) is 2.88. The number of fused-ring (bicyclic) bond motifs is 2. The number of carbonyl (C=O) groups is 2. The normalized spacial score (nSPS) is 15.6. The number of anilines is 5. The second-order valence-corrected chi connectivity index (χ2v) is 21.8. The molecule has 1 atom stereocenters. The van der Waals surface area contributed by atoms with E-state index in [9.17, 15) is 9.59 Å². The molecule has 24 heteroatoms. The number of hydrogen-bond acceptors (Lipinski definition) is 19. The van der Waals surface area contributed by atoms with Crippen LogP contribution in [0.25, 0.3) is 11.4 Å². The van der Waals surface area contributed by atoms with E-state index in [2.05, 4.69) is 88.9 Å². The zero-order valence-corrected chi connectivity index (χ0v) is 50.6. The van der Waals surface area contributed by atoms with Crippen molar-refractivity contribution < 1.29 is 38.0 Å². The third-order valence-corrected chi connectivity index (χ3v) is 16.1. The molecule has 0 radical (unpaired) electrons. The van der Waals surface area contributed by atoms with Crippen LogP contribution in [0.4, 0.5) is 29.2 Å². The van der Waals surface area contributed by atoms with Gasteiger partial charge >= 0.3 is 0 Å². The number of amides is 2. The molecule has 7 heterocycles. The number of hydrogen-bond donors (Lipinski definition) is 4. The Kier molecular flexibility index (Phi) is 19.8. The molecule has 2 fully saturated rings. The molecule has 1 saturated carbocycles. The summed E-state index contributed by atoms with van der Waals surface area (Å²) < 4.78 is 36.7. The molecule has 87 heavy (non-hydrogen) atoms. The van der Waals surface area contributed by atoms with Crippen molar-refractivity contribution in [2.24, 2.45) is 17.4 Å². The Labute approximate surface area is 510 Å². The predicted molar refractivity (Wildman–Crippen MR) is 331 cm³/mol. The van der Waals surface area contributed by atoms with Crippen LogP contribution >= 0.6 is 11.6 Å². The third kappa shape index (κ3) is 14.6. The number of primary amides is 2. The zero-order valence-electron chi connectivity index (χ0n) is 49.9. The average molecular weight is 1200 g/mol. The topological polar surface area (TPSA) is 263 Å². The molecule has 1 saturated heterocycles. The van der Waals surface area contributed by atoms with E-state index in [0.717, 1.165) is 98.7 Å². The van der Waals surface area contributed by atoms with Gasteiger partial charge in [-0.15, -0.1) is 0 Å². The van der Waals surface area contributed by atoms with E-state index in [1.165, 1.54) is 24.0 Å². The summed E-state index contributed by atoms with van der Waals surface area (Å²) in [5.41, 5.74) is 18.9. The summed E-state index contributed by atoms with van der Waals surface area (Å²) >= 11 is 6.27. The van der Waals surface area contributed by atoms with Gasteiger partial charge in [0.1, 0.15) is 42.0 Å². The molecule has 23 nitrogen and oxygen atoms in total. The summed E-state index contributed by atoms with van der Waals surface area (Å²) in [6, 6.07) is 27.9. The summed E-state index contributed by atoms with van der Waals surface area (Å²) in [6.07, 6.45) is 14.7. The van der Waals surface area contributed by atoms with Crippen LogP contribution in [0.3, 0.4) is 0 Å². The van der Waals surface area contributed by atoms with Gasteiger partial charge < -0.3 is 64.6 Å². The van der Waals surface area contributed by atoms with Crippen molar-refractivity contribution in [2.45, 2.75) is 83.6 Å². The number of ether oxygens (including phenoxy) is 6. The number of imidazole rings is 2. The minimum atomic E-state index is -0.414. The van der Waals surface area contributed by atoms with Crippen LogP contribution in [-0.2, 0) is 48.6 Å². The Hall–Kier alpha value is -9.19. The highest BCUT2D eigenvalue weighted by Crippen LogP contribution is 2.41. The standard InChI is InChI=1S/C31H36N8O4.C26H27ClN6O3.C6H11NO/c1-41-25-14-21(15-26(42-2)28(25)43-3)38-18-27(33-19-38)35-30-22-17-37(16-20-8-5-4-6-9-20)13-11-23(22)34-31(36-30)39-12-7-10-24(39)29(32)40;1-34-21-11-18(12-22(35-2)24(21)36-3)33-15-23(28-16-33)30-25-19-14-32(13-17-7-5-4-6-8-17)10-9-20(19)29-26(27)31-25;7-6(8)5-3-1-2-4-5/h4-6,8-9,14-15,18-19,24H,7,10-13,16-17H2,1-3H3,(H2,32,40)(H,34,35,36);4-8,11-12,15-16H,9-10,13-14H2,1-3H3,(H,29,30,31);5H,1-4H2,(H2,7,8)/t24-;;/m0../s1. The summed E-state index contributed by atoms with van der Waals surface area (Å²) in [5.74, 6) is 6.08. The van der Waals surface area contributed by atoms with E-state index in [1.807, 2.05) is 62.8 Å². The van der Waals surface area contributed by atoms with E-state index in [4.69, 9.17) is 61.5 Å². The molecule has 4 aromatic carbocycles. The van der Waals surface area contributed by atoms with Crippen LogP contribution in [0, 0.1) is 5.92 Å². The number of benzene rings is 4. The van der Waals surface area contributed by atoms with Gasteiger partial charge in [-0.25, -0.2) is 24.9 Å². The maximum atomic E-state index is 12.2. The van der Waals surface area contributed by atoms with Gasteiger partial charge in [0, 0.05) is 100.0 Å². The number of rotatable bonds is 19. The SMILES string of the molecule is COc1cc(-n2cnc(Nc3nc(Cl)nc4c3CN(Cc3ccccc3)CC4)c2)cc(OC)c1OC.COc1cc(-n2cnc(Nc3nc(N4CCC[C@H]4C(N)=O)nc4c3CN(Cc3ccccc3)CC4)c2)cc(OC)c1OC.NC(=O)C1CCCC1. The highest BCUT2D eigenvalue weighted by Gasteiger charge is 2.34. The Bertz CT molecular complexity index is 3610. The molecule has 3 aliphatic heterocycles. The lowest BCUT2D eigenvalue weighted by Crippen LogP contribution is -2.41. The lowest BCUT2D eigenvalue weighted by atomic mass is 10.0. The van der Waals surface area contributed by atoms with Crippen LogP contribution < -0.4 is 55.4 Å². The molecule has 0 unspecified atom stereocenters. The van der Waals surface area contributed by atoms with Crippen LogP contribution in [0.2, 0.25) is 5.28 Å². The minimum Gasteiger partial charge on any atom is -0.493 e. The monoisotopic (exact) mass is 1200 g/mol. The van der Waals surface area contributed by atoms with Crippen LogP contribution in [0.1, 0.15) is 72.2 Å². The van der Waals surface area contributed by atoms with E-state index in [1.54, 1.807) is 55.3 Å². The molecule has 8 aromatic rings. The zero-order chi connectivity index (χ0) is 61.0. The van der Waals surface area contributed by atoms with Crippen LogP contribution in [0.5, 0.6) is 34.5 Å². The first-order valence-electron chi connectivity index (χ1n) is 28.9. The number of nitrogens with two attached hydrogens (primary N) is 2. The first-order chi connectivity index (χ1) is 42.3. The van der Waals surface area contributed by atoms with Crippen molar-refractivity contribution in [3.8, 4) is 45.9 Å². The maximum absolute atomic E-state index is 12.2. The van der Waals surface area contributed by atoms with E-state index < -0.39 is 6.04 Å². The molecular formula is C63H74ClN15O8. The lowest BCUT2D eigenvalue weighted by Gasteiger charge is -2.31. The summed E-state index contributed by atoms with van der Waals surface area (Å²) in [4.78, 5) is 57.4. The summed E-state index contributed by atoms with van der Waals surface area (Å²) in [5, 5.41) is 7.02. The Balaban J connectivity index is 0.000000172. The van der Waals surface area contributed by atoms with Crippen molar-refractivity contribution in [3.05, 3.63) is 149 Å². The minimum absolute atomic E-state index is 0.109. The number of aromatic nitrogens is 8. The molecule has 0 bridgehead atoms. The van der Waals surface area contributed by atoms with Gasteiger partial charge in [0.15, 0.2) is 23.0 Å². The fourth-order valence-corrected chi connectivity index (χ4v) is 11.6. The van der Waals surface area contributed by atoms with Gasteiger partial charge in [0.25, 0.3) is 0 Å². The third-order valence-electron chi connectivity index (χ3n) is 15.9.